The number of benzene rings is 2. The molecule has 2 rings (SSSR count). The quantitative estimate of drug-likeness (QED) is 0.759. The van der Waals surface area contributed by atoms with E-state index in [1.807, 2.05) is 30.3 Å². The molecular formula is C19H19NO3S. The lowest BCUT2D eigenvalue weighted by molar-refractivity contribution is -0.118. The van der Waals surface area contributed by atoms with Gasteiger partial charge in [0.2, 0.25) is 5.91 Å². The van der Waals surface area contributed by atoms with Crippen LogP contribution in [0, 0.1) is 12.3 Å². The largest absolute Gasteiger partial charge is 0.308 e. The van der Waals surface area contributed by atoms with Crippen molar-refractivity contribution in [3.8, 4) is 12.3 Å². The van der Waals surface area contributed by atoms with E-state index in [1.54, 1.807) is 29.2 Å². The second-order valence-electron chi connectivity index (χ2n) is 5.54. The molecule has 24 heavy (non-hydrogen) atoms. The molecule has 2 aromatic rings. The summed E-state index contributed by atoms with van der Waals surface area (Å²) in [5.41, 5.74) is 2.28. The summed E-state index contributed by atoms with van der Waals surface area (Å²) in [6, 6.07) is 16.6. The summed E-state index contributed by atoms with van der Waals surface area (Å²) < 4.78 is 22.7. The molecule has 0 fully saturated rings. The Hall–Kier alpha value is -2.58. The average molecular weight is 341 g/mol. The van der Waals surface area contributed by atoms with E-state index < -0.39 is 9.84 Å². The molecule has 0 heterocycles. The van der Waals surface area contributed by atoms with Gasteiger partial charge in [-0.2, -0.15) is 0 Å². The van der Waals surface area contributed by atoms with E-state index in [0.29, 0.717) is 17.8 Å². The number of carbonyl (C=O) groups is 1. The zero-order valence-electron chi connectivity index (χ0n) is 13.5. The highest BCUT2D eigenvalue weighted by atomic mass is 32.2. The molecule has 1 amide bonds. The number of sulfone groups is 1. The molecule has 0 aliphatic carbocycles. The van der Waals surface area contributed by atoms with Crippen molar-refractivity contribution in [2.24, 2.45) is 0 Å². The Bertz CT molecular complexity index is 852. The fourth-order valence-electron chi connectivity index (χ4n) is 2.26. The van der Waals surface area contributed by atoms with Crippen molar-refractivity contribution in [2.75, 3.05) is 16.9 Å². The first kappa shape index (κ1) is 17.8. The van der Waals surface area contributed by atoms with Crippen LogP contribution in [-0.2, 0) is 21.2 Å². The molecule has 0 saturated carbocycles. The predicted molar refractivity (Wildman–Crippen MR) is 96.3 cm³/mol. The van der Waals surface area contributed by atoms with Crippen LogP contribution in [-0.4, -0.2) is 26.3 Å². The number of hydrogen-bond donors (Lipinski definition) is 0. The number of terminal acetylenes is 1. The first-order valence-electron chi connectivity index (χ1n) is 7.48. The van der Waals surface area contributed by atoms with Crippen LogP contribution in [0.2, 0.25) is 0 Å². The summed E-state index contributed by atoms with van der Waals surface area (Å²) in [5, 5.41) is 0. The van der Waals surface area contributed by atoms with Crippen molar-refractivity contribution in [1.82, 2.24) is 0 Å². The highest BCUT2D eigenvalue weighted by molar-refractivity contribution is 7.90. The molecule has 0 unspecified atom stereocenters. The number of anilines is 1. The highest BCUT2D eigenvalue weighted by Gasteiger charge is 2.18. The van der Waals surface area contributed by atoms with Gasteiger partial charge in [0.15, 0.2) is 0 Å². The fourth-order valence-corrected chi connectivity index (χ4v) is 2.81. The maximum Gasteiger partial charge on any atom is 0.228 e. The van der Waals surface area contributed by atoms with E-state index in [2.05, 4.69) is 5.92 Å². The van der Waals surface area contributed by atoms with Crippen LogP contribution >= 0.6 is 0 Å². The van der Waals surface area contributed by atoms with Gasteiger partial charge >= 0.3 is 0 Å². The van der Waals surface area contributed by atoms with Gasteiger partial charge < -0.3 is 4.90 Å². The third-order valence-corrected chi connectivity index (χ3v) is 4.44. The Morgan fingerprint density at radius 3 is 2.46 bits per heavy atom. The summed E-state index contributed by atoms with van der Waals surface area (Å²) in [5.74, 6) is 2.12. The van der Waals surface area contributed by atoms with Gasteiger partial charge in [-0.15, -0.1) is 6.42 Å². The maximum absolute atomic E-state index is 12.6. The van der Waals surface area contributed by atoms with Gasteiger partial charge in [-0.3, -0.25) is 4.79 Å². The Kier molecular flexibility index (Phi) is 5.78. The fraction of sp³-hybridized carbons (Fsp3) is 0.211. The lowest BCUT2D eigenvalue weighted by atomic mass is 10.1. The molecule has 124 valence electrons. The smallest absolute Gasteiger partial charge is 0.228 e. The molecule has 0 N–H and O–H groups in total. The standard InChI is InChI=1S/C19H19NO3S/c1-3-16-10-7-11-18(14-16)20(15-17-8-5-4-6-9-17)19(21)12-13-24(2,22)23/h1,4-11,14H,12-13,15H2,2H3. The van der Waals surface area contributed by atoms with Gasteiger partial charge in [-0.1, -0.05) is 42.3 Å². The topological polar surface area (TPSA) is 54.5 Å². The molecule has 0 radical (unpaired) electrons. The molecule has 2 aromatic carbocycles. The molecule has 4 nitrogen and oxygen atoms in total. The second kappa shape index (κ2) is 7.80. The maximum atomic E-state index is 12.6. The van der Waals surface area contributed by atoms with Gasteiger partial charge in [-0.05, 0) is 23.8 Å². The van der Waals surface area contributed by atoms with Crippen LogP contribution in [0.1, 0.15) is 17.5 Å². The minimum Gasteiger partial charge on any atom is -0.308 e. The minimum absolute atomic E-state index is 0.0635. The third kappa shape index (κ3) is 5.25. The van der Waals surface area contributed by atoms with Crippen LogP contribution in [0.5, 0.6) is 0 Å². The van der Waals surface area contributed by atoms with Crippen LogP contribution < -0.4 is 4.90 Å². The van der Waals surface area contributed by atoms with Crippen molar-refractivity contribution < 1.29 is 13.2 Å². The van der Waals surface area contributed by atoms with Gasteiger partial charge in [0.1, 0.15) is 9.84 Å². The van der Waals surface area contributed by atoms with Crippen molar-refractivity contribution in [2.45, 2.75) is 13.0 Å². The second-order valence-corrected chi connectivity index (χ2v) is 7.80. The minimum atomic E-state index is -3.20. The van der Waals surface area contributed by atoms with Gasteiger partial charge in [0, 0.05) is 23.9 Å². The number of carbonyl (C=O) groups excluding carboxylic acids is 1. The Morgan fingerprint density at radius 1 is 1.12 bits per heavy atom. The predicted octanol–water partition coefficient (Wildman–Crippen LogP) is 2.64. The normalized spacial score (nSPS) is 10.8. The molecular weight excluding hydrogens is 322 g/mol. The number of hydrogen-bond acceptors (Lipinski definition) is 3. The Labute approximate surface area is 143 Å². The van der Waals surface area contributed by atoms with Crippen LogP contribution in [0.25, 0.3) is 0 Å². The van der Waals surface area contributed by atoms with E-state index in [9.17, 15) is 13.2 Å². The summed E-state index contributed by atoms with van der Waals surface area (Å²) in [6.45, 7) is 0.359. The monoisotopic (exact) mass is 341 g/mol. The highest BCUT2D eigenvalue weighted by Crippen LogP contribution is 2.20. The van der Waals surface area contributed by atoms with E-state index in [0.717, 1.165) is 11.8 Å². The summed E-state index contributed by atoms with van der Waals surface area (Å²) >= 11 is 0. The molecule has 5 heteroatoms. The van der Waals surface area contributed by atoms with Crippen molar-refractivity contribution in [3.63, 3.8) is 0 Å². The Morgan fingerprint density at radius 2 is 1.83 bits per heavy atom. The van der Waals surface area contributed by atoms with E-state index in [4.69, 9.17) is 6.42 Å². The van der Waals surface area contributed by atoms with Crippen molar-refractivity contribution in [3.05, 3.63) is 65.7 Å². The third-order valence-electron chi connectivity index (χ3n) is 3.50. The zero-order valence-corrected chi connectivity index (χ0v) is 14.3. The van der Waals surface area contributed by atoms with Crippen LogP contribution in [0.15, 0.2) is 54.6 Å². The van der Waals surface area contributed by atoms with Crippen molar-refractivity contribution >= 4 is 21.4 Å². The summed E-state index contributed by atoms with van der Waals surface area (Å²) in [7, 11) is -3.20. The van der Waals surface area contributed by atoms with Crippen LogP contribution in [0.3, 0.4) is 0 Å². The first-order chi connectivity index (χ1) is 11.4. The average Bonchev–Trinajstić information content (AvgIpc) is 2.58. The number of amides is 1. The van der Waals surface area contributed by atoms with E-state index >= 15 is 0 Å². The van der Waals surface area contributed by atoms with E-state index in [-0.39, 0.29) is 18.1 Å². The first-order valence-corrected chi connectivity index (χ1v) is 9.54. The van der Waals surface area contributed by atoms with E-state index in [1.165, 1.54) is 0 Å². The molecule has 0 aromatic heterocycles. The Balaban J connectivity index is 2.30. The number of nitrogens with zero attached hydrogens (tertiary/aromatic N) is 1. The molecule has 0 atom stereocenters. The van der Waals surface area contributed by atoms with Crippen molar-refractivity contribution in [1.29, 1.82) is 0 Å². The summed E-state index contributed by atoms with van der Waals surface area (Å²) in [4.78, 5) is 14.2. The molecule has 0 aliphatic rings. The van der Waals surface area contributed by atoms with Gasteiger partial charge in [0.05, 0.1) is 12.3 Å². The zero-order chi connectivity index (χ0) is 17.6. The lowest BCUT2D eigenvalue weighted by Crippen LogP contribution is -2.31. The molecule has 0 bridgehead atoms. The molecule has 0 saturated heterocycles. The SMILES string of the molecule is C#Cc1cccc(N(Cc2ccccc2)C(=O)CCS(C)(=O)=O)c1. The van der Waals surface area contributed by atoms with Gasteiger partial charge in [0.25, 0.3) is 0 Å². The number of rotatable bonds is 6. The molecule has 0 aliphatic heterocycles. The molecule has 0 spiro atoms. The van der Waals surface area contributed by atoms with Gasteiger partial charge in [-0.25, -0.2) is 8.42 Å². The van der Waals surface area contributed by atoms with Crippen LogP contribution in [0.4, 0.5) is 5.69 Å². The summed E-state index contributed by atoms with van der Waals surface area (Å²) in [6.07, 6.45) is 6.49. The lowest BCUT2D eigenvalue weighted by Gasteiger charge is -2.23.